The number of ketones is 1. The van der Waals surface area contributed by atoms with Crippen LogP contribution in [-0.2, 0) is 4.79 Å². The number of carbonyl (C=O) groups excluding carboxylic acids is 2. The van der Waals surface area contributed by atoms with Crippen molar-refractivity contribution in [2.24, 2.45) is 0 Å². The second-order valence-electron chi connectivity index (χ2n) is 4.08. The molecule has 2 heteroatoms. The highest BCUT2D eigenvalue weighted by molar-refractivity contribution is 5.96. The predicted molar refractivity (Wildman–Crippen MR) is 69.1 cm³/mol. The largest absolute Gasteiger partial charge is 0.303 e. The molecule has 0 aliphatic heterocycles. The van der Waals surface area contributed by atoms with E-state index in [0.29, 0.717) is 12.8 Å². The maximum absolute atomic E-state index is 11.8. The Hall–Kier alpha value is -1.70. The minimum absolute atomic E-state index is 0.171. The summed E-state index contributed by atoms with van der Waals surface area (Å²) in [4.78, 5) is 21.9. The highest BCUT2D eigenvalue weighted by Gasteiger charge is 2.02. The number of rotatable bonds is 7. The van der Waals surface area contributed by atoms with Gasteiger partial charge in [-0.15, -0.1) is 0 Å². The third-order valence-electron chi connectivity index (χ3n) is 2.62. The van der Waals surface area contributed by atoms with Gasteiger partial charge in [-0.05, 0) is 19.8 Å². The highest BCUT2D eigenvalue weighted by Crippen LogP contribution is 2.09. The Balaban J connectivity index is 2.36. The molecule has 0 unspecified atom stereocenters. The van der Waals surface area contributed by atoms with Gasteiger partial charge in [-0.2, -0.15) is 0 Å². The molecule has 1 rings (SSSR count). The summed E-state index contributed by atoms with van der Waals surface area (Å²) in [6.07, 6.45) is 5.61. The van der Waals surface area contributed by atoms with Crippen molar-refractivity contribution in [1.29, 1.82) is 0 Å². The molecule has 0 bridgehead atoms. The van der Waals surface area contributed by atoms with E-state index in [0.717, 1.165) is 24.7 Å². The van der Waals surface area contributed by atoms with Gasteiger partial charge in [0.1, 0.15) is 6.29 Å². The van der Waals surface area contributed by atoms with Crippen LogP contribution in [0.2, 0.25) is 0 Å². The van der Waals surface area contributed by atoms with Crippen molar-refractivity contribution in [3.8, 4) is 0 Å². The van der Waals surface area contributed by atoms with Crippen molar-refractivity contribution < 1.29 is 9.59 Å². The molecule has 0 saturated carbocycles. The lowest BCUT2D eigenvalue weighted by molar-refractivity contribution is -0.107. The number of allylic oxidation sites excluding steroid dienone is 2. The van der Waals surface area contributed by atoms with Crippen molar-refractivity contribution in [2.45, 2.75) is 32.6 Å². The minimum Gasteiger partial charge on any atom is -0.303 e. The molecule has 0 fully saturated rings. The first-order chi connectivity index (χ1) is 8.24. The number of Topliss-reactive ketones (excluding diaryl/α,β-unsaturated/α-hetero) is 1. The van der Waals surface area contributed by atoms with Crippen LogP contribution in [0.25, 0.3) is 0 Å². The Bertz CT molecular complexity index is 391. The van der Waals surface area contributed by atoms with Crippen LogP contribution in [0.15, 0.2) is 42.0 Å². The summed E-state index contributed by atoms with van der Waals surface area (Å²) in [6.45, 7) is 2.00. The van der Waals surface area contributed by atoms with Crippen molar-refractivity contribution >= 4 is 12.1 Å². The molecule has 0 radical (unpaired) electrons. The third kappa shape index (κ3) is 5.25. The summed E-state index contributed by atoms with van der Waals surface area (Å²) >= 11 is 0. The van der Waals surface area contributed by atoms with Gasteiger partial charge in [0.05, 0.1) is 0 Å². The lowest BCUT2D eigenvalue weighted by Gasteiger charge is -2.00. The van der Waals surface area contributed by atoms with Crippen LogP contribution in [0, 0.1) is 0 Å². The monoisotopic (exact) mass is 230 g/mol. The van der Waals surface area contributed by atoms with Crippen LogP contribution in [0.4, 0.5) is 0 Å². The van der Waals surface area contributed by atoms with Gasteiger partial charge >= 0.3 is 0 Å². The summed E-state index contributed by atoms with van der Waals surface area (Å²) < 4.78 is 0. The maximum Gasteiger partial charge on any atom is 0.163 e. The molecule has 0 aliphatic rings. The molecule has 0 aliphatic carbocycles. The molecule has 0 heterocycles. The van der Waals surface area contributed by atoms with E-state index in [9.17, 15) is 9.59 Å². The quantitative estimate of drug-likeness (QED) is 0.407. The van der Waals surface area contributed by atoms with E-state index in [1.807, 2.05) is 43.3 Å². The molecule has 0 atom stereocenters. The Morgan fingerprint density at radius 2 is 1.82 bits per heavy atom. The zero-order valence-corrected chi connectivity index (χ0v) is 10.2. The van der Waals surface area contributed by atoms with Crippen molar-refractivity contribution in [1.82, 2.24) is 0 Å². The first kappa shape index (κ1) is 13.4. The normalized spacial score (nSPS) is 11.2. The zero-order chi connectivity index (χ0) is 12.5. The molecule has 0 N–H and O–H groups in total. The van der Waals surface area contributed by atoms with Gasteiger partial charge < -0.3 is 4.79 Å². The summed E-state index contributed by atoms with van der Waals surface area (Å²) in [5, 5.41) is 0. The van der Waals surface area contributed by atoms with E-state index in [1.165, 1.54) is 5.57 Å². The van der Waals surface area contributed by atoms with Crippen LogP contribution < -0.4 is 0 Å². The van der Waals surface area contributed by atoms with Gasteiger partial charge in [-0.3, -0.25) is 4.79 Å². The fourth-order valence-electron chi connectivity index (χ4n) is 1.61. The highest BCUT2D eigenvalue weighted by atomic mass is 16.1. The SMILES string of the molecule is C/C(=C\CCC(=O)c1ccccc1)CCC=O. The second-order valence-corrected chi connectivity index (χ2v) is 4.08. The first-order valence-corrected chi connectivity index (χ1v) is 5.91. The molecule has 1 aromatic rings. The summed E-state index contributed by atoms with van der Waals surface area (Å²) in [7, 11) is 0. The Labute approximate surface area is 102 Å². The molecule has 1 aromatic carbocycles. The maximum atomic E-state index is 11.8. The second kappa shape index (κ2) is 7.55. The van der Waals surface area contributed by atoms with E-state index >= 15 is 0 Å². The van der Waals surface area contributed by atoms with Crippen molar-refractivity contribution in [2.75, 3.05) is 0 Å². The molecular weight excluding hydrogens is 212 g/mol. The summed E-state index contributed by atoms with van der Waals surface area (Å²) in [5.41, 5.74) is 1.95. The molecule has 0 spiro atoms. The topological polar surface area (TPSA) is 34.1 Å². The fourth-order valence-corrected chi connectivity index (χ4v) is 1.61. The smallest absolute Gasteiger partial charge is 0.163 e. The van der Waals surface area contributed by atoms with Gasteiger partial charge in [0.15, 0.2) is 5.78 Å². The third-order valence-corrected chi connectivity index (χ3v) is 2.62. The van der Waals surface area contributed by atoms with E-state index in [-0.39, 0.29) is 5.78 Å². The zero-order valence-electron chi connectivity index (χ0n) is 10.2. The molecule has 2 nitrogen and oxygen atoms in total. The van der Waals surface area contributed by atoms with E-state index in [4.69, 9.17) is 0 Å². The average Bonchev–Trinajstić information content (AvgIpc) is 2.37. The number of benzene rings is 1. The fraction of sp³-hybridized carbons (Fsp3) is 0.333. The number of aldehydes is 1. The lowest BCUT2D eigenvalue weighted by Crippen LogP contribution is -1.97. The van der Waals surface area contributed by atoms with Crippen LogP contribution in [0.5, 0.6) is 0 Å². The lowest BCUT2D eigenvalue weighted by atomic mass is 10.0. The minimum atomic E-state index is 0.171. The molecule has 0 amide bonds. The van der Waals surface area contributed by atoms with Gasteiger partial charge in [0.25, 0.3) is 0 Å². The van der Waals surface area contributed by atoms with Crippen molar-refractivity contribution in [3.63, 3.8) is 0 Å². The van der Waals surface area contributed by atoms with E-state index in [2.05, 4.69) is 0 Å². The number of hydrogen-bond donors (Lipinski definition) is 0. The molecule has 0 aromatic heterocycles. The van der Waals surface area contributed by atoms with E-state index < -0.39 is 0 Å². The van der Waals surface area contributed by atoms with Gasteiger partial charge in [-0.25, -0.2) is 0 Å². The summed E-state index contributed by atoms with van der Waals surface area (Å²) in [5.74, 6) is 0.171. The molecular formula is C15H18O2. The van der Waals surface area contributed by atoms with Crippen LogP contribution in [0.1, 0.15) is 43.0 Å². The van der Waals surface area contributed by atoms with Gasteiger partial charge in [0.2, 0.25) is 0 Å². The Morgan fingerprint density at radius 3 is 2.47 bits per heavy atom. The Kier molecular flexibility index (Phi) is 5.94. The van der Waals surface area contributed by atoms with Gasteiger partial charge in [-0.1, -0.05) is 42.0 Å². The Morgan fingerprint density at radius 1 is 1.12 bits per heavy atom. The van der Waals surface area contributed by atoms with Crippen LogP contribution >= 0.6 is 0 Å². The molecule has 0 saturated heterocycles. The van der Waals surface area contributed by atoms with E-state index in [1.54, 1.807) is 0 Å². The average molecular weight is 230 g/mol. The van der Waals surface area contributed by atoms with Gasteiger partial charge in [0, 0.05) is 18.4 Å². The number of carbonyl (C=O) groups is 2. The predicted octanol–water partition coefficient (Wildman–Crippen LogP) is 3.57. The molecule has 17 heavy (non-hydrogen) atoms. The number of hydrogen-bond acceptors (Lipinski definition) is 2. The molecule has 90 valence electrons. The standard InChI is InChI=1S/C15H18O2/c1-13(8-6-12-16)7-5-11-15(17)14-9-3-2-4-10-14/h2-4,7,9-10,12H,5-6,8,11H2,1H3/b13-7+. The summed E-state index contributed by atoms with van der Waals surface area (Å²) in [6, 6.07) is 9.33. The van der Waals surface area contributed by atoms with Crippen molar-refractivity contribution in [3.05, 3.63) is 47.5 Å². The van der Waals surface area contributed by atoms with Crippen LogP contribution in [-0.4, -0.2) is 12.1 Å². The van der Waals surface area contributed by atoms with Crippen LogP contribution in [0.3, 0.4) is 0 Å². The first-order valence-electron chi connectivity index (χ1n) is 5.91.